The highest BCUT2D eigenvalue weighted by molar-refractivity contribution is 6.30. The van der Waals surface area contributed by atoms with Gasteiger partial charge in [-0.05, 0) is 24.3 Å². The van der Waals surface area contributed by atoms with E-state index in [9.17, 15) is 9.50 Å². The topological polar surface area (TPSA) is 85.2 Å². The lowest BCUT2D eigenvalue weighted by atomic mass is 10.0. The van der Waals surface area contributed by atoms with Gasteiger partial charge in [-0.15, -0.1) is 0 Å². The molecule has 2 aromatic rings. The molecule has 1 heterocycles. The van der Waals surface area contributed by atoms with Crippen LogP contribution in [-0.4, -0.2) is 10.1 Å². The Morgan fingerprint density at radius 2 is 1.94 bits per heavy atom. The fourth-order valence-electron chi connectivity index (χ4n) is 1.63. The Kier molecular flexibility index (Phi) is 3.36. The molecule has 0 aliphatic heterocycles. The molecular weight excluding hydrogens is 257 g/mol. The summed E-state index contributed by atoms with van der Waals surface area (Å²) in [7, 11) is 0. The van der Waals surface area contributed by atoms with Crippen molar-refractivity contribution in [2.75, 3.05) is 11.5 Å². The summed E-state index contributed by atoms with van der Waals surface area (Å²) < 4.78 is 13.2. The molecule has 18 heavy (non-hydrogen) atoms. The van der Waals surface area contributed by atoms with Crippen LogP contribution in [0.4, 0.5) is 15.9 Å². The number of nitrogen functional groups attached to an aromatic ring is 2. The van der Waals surface area contributed by atoms with E-state index in [1.807, 2.05) is 0 Å². The summed E-state index contributed by atoms with van der Waals surface area (Å²) in [5.74, 6) is -0.373. The third kappa shape index (κ3) is 2.37. The largest absolute Gasteiger partial charge is 0.398 e. The Morgan fingerprint density at radius 1 is 1.22 bits per heavy atom. The van der Waals surface area contributed by atoms with Crippen molar-refractivity contribution in [2.24, 2.45) is 0 Å². The number of nitrogens with two attached hydrogens (primary N) is 2. The van der Waals surface area contributed by atoms with Crippen LogP contribution in [0.5, 0.6) is 0 Å². The standard InChI is InChI=1S/C12H11ClFN3O/c13-6-3-9(12(16)17-5-6)11(18)8-4-7(14)1-2-10(8)15/h1-5,11,18H,15H2,(H2,16,17). The van der Waals surface area contributed by atoms with Crippen molar-refractivity contribution < 1.29 is 9.50 Å². The Morgan fingerprint density at radius 3 is 2.67 bits per heavy atom. The summed E-state index contributed by atoms with van der Waals surface area (Å²) in [6, 6.07) is 5.21. The van der Waals surface area contributed by atoms with Gasteiger partial charge >= 0.3 is 0 Å². The summed E-state index contributed by atoms with van der Waals surface area (Å²) in [5, 5.41) is 10.5. The number of aliphatic hydroxyl groups excluding tert-OH is 1. The number of anilines is 2. The number of benzene rings is 1. The molecule has 0 aliphatic carbocycles. The summed E-state index contributed by atoms with van der Waals surface area (Å²) >= 11 is 5.78. The van der Waals surface area contributed by atoms with E-state index >= 15 is 0 Å². The third-order valence-electron chi connectivity index (χ3n) is 2.55. The van der Waals surface area contributed by atoms with Crippen molar-refractivity contribution in [1.82, 2.24) is 4.98 Å². The van der Waals surface area contributed by atoms with Crippen LogP contribution in [0.1, 0.15) is 17.2 Å². The van der Waals surface area contributed by atoms with Gasteiger partial charge < -0.3 is 16.6 Å². The first kappa shape index (κ1) is 12.6. The highest BCUT2D eigenvalue weighted by Crippen LogP contribution is 2.31. The molecule has 1 aromatic heterocycles. The predicted molar refractivity (Wildman–Crippen MR) is 68.5 cm³/mol. The number of rotatable bonds is 2. The van der Waals surface area contributed by atoms with Crippen molar-refractivity contribution >= 4 is 23.1 Å². The molecule has 5 N–H and O–H groups in total. The smallest absolute Gasteiger partial charge is 0.129 e. The molecule has 0 spiro atoms. The average molecular weight is 268 g/mol. The monoisotopic (exact) mass is 267 g/mol. The molecule has 0 saturated carbocycles. The minimum absolute atomic E-state index is 0.121. The molecule has 1 unspecified atom stereocenters. The molecule has 0 bridgehead atoms. The molecule has 94 valence electrons. The molecule has 6 heteroatoms. The van der Waals surface area contributed by atoms with Crippen molar-refractivity contribution in [3.05, 3.63) is 52.4 Å². The minimum atomic E-state index is -1.17. The molecule has 0 amide bonds. The molecule has 0 radical (unpaired) electrons. The Labute approximate surface area is 108 Å². The molecule has 0 aliphatic rings. The van der Waals surface area contributed by atoms with Crippen molar-refractivity contribution in [3.63, 3.8) is 0 Å². The first-order valence-corrected chi connectivity index (χ1v) is 5.50. The molecule has 0 saturated heterocycles. The summed E-state index contributed by atoms with van der Waals surface area (Å²) in [4.78, 5) is 3.83. The normalized spacial score (nSPS) is 12.4. The lowest BCUT2D eigenvalue weighted by Gasteiger charge is -2.15. The van der Waals surface area contributed by atoms with Gasteiger partial charge in [-0.2, -0.15) is 0 Å². The third-order valence-corrected chi connectivity index (χ3v) is 2.76. The molecule has 0 fully saturated rings. The van der Waals surface area contributed by atoms with E-state index < -0.39 is 11.9 Å². The summed E-state index contributed by atoms with van der Waals surface area (Å²) in [6.45, 7) is 0. The van der Waals surface area contributed by atoms with Gasteiger partial charge in [0.2, 0.25) is 0 Å². The minimum Gasteiger partial charge on any atom is -0.398 e. The molecule has 2 rings (SSSR count). The second-order valence-electron chi connectivity index (χ2n) is 3.80. The van der Waals surface area contributed by atoms with Crippen LogP contribution in [0, 0.1) is 5.82 Å². The maximum absolute atomic E-state index is 13.2. The fraction of sp³-hybridized carbons (Fsp3) is 0.0833. The maximum Gasteiger partial charge on any atom is 0.129 e. The van der Waals surface area contributed by atoms with Gasteiger partial charge in [-0.25, -0.2) is 9.37 Å². The van der Waals surface area contributed by atoms with E-state index in [-0.39, 0.29) is 17.1 Å². The highest BCUT2D eigenvalue weighted by atomic mass is 35.5. The van der Waals surface area contributed by atoms with Crippen molar-refractivity contribution in [2.45, 2.75) is 6.10 Å². The van der Waals surface area contributed by atoms with Crippen LogP contribution >= 0.6 is 11.6 Å². The SMILES string of the molecule is Nc1ccc(F)cc1C(O)c1cc(Cl)cnc1N. The molecule has 1 aromatic carbocycles. The van der Waals surface area contributed by atoms with E-state index in [1.165, 1.54) is 24.4 Å². The van der Waals surface area contributed by atoms with Gasteiger partial charge in [0.25, 0.3) is 0 Å². The van der Waals surface area contributed by atoms with Crippen molar-refractivity contribution in [3.8, 4) is 0 Å². The second-order valence-corrected chi connectivity index (χ2v) is 4.24. The van der Waals surface area contributed by atoms with Crippen LogP contribution in [0.25, 0.3) is 0 Å². The second kappa shape index (κ2) is 4.80. The molecular formula is C12H11ClFN3O. The van der Waals surface area contributed by atoms with Gasteiger partial charge in [-0.1, -0.05) is 11.6 Å². The van der Waals surface area contributed by atoms with Crippen molar-refractivity contribution in [1.29, 1.82) is 0 Å². The van der Waals surface area contributed by atoms with E-state index in [1.54, 1.807) is 0 Å². The summed E-state index contributed by atoms with van der Waals surface area (Å²) in [5.41, 5.74) is 12.1. The number of hydrogen-bond acceptors (Lipinski definition) is 4. The lowest BCUT2D eigenvalue weighted by molar-refractivity contribution is 0.221. The first-order chi connectivity index (χ1) is 8.49. The van der Waals surface area contributed by atoms with E-state index in [0.29, 0.717) is 10.6 Å². The fourth-order valence-corrected chi connectivity index (χ4v) is 1.80. The average Bonchev–Trinajstić information content (AvgIpc) is 2.34. The lowest BCUT2D eigenvalue weighted by Crippen LogP contribution is -2.08. The first-order valence-electron chi connectivity index (χ1n) is 5.13. The van der Waals surface area contributed by atoms with Gasteiger partial charge in [0.15, 0.2) is 0 Å². The number of aromatic nitrogens is 1. The quantitative estimate of drug-likeness (QED) is 0.728. The maximum atomic E-state index is 13.2. The number of pyridine rings is 1. The number of halogens is 2. The van der Waals surface area contributed by atoms with E-state index in [2.05, 4.69) is 4.98 Å². The zero-order valence-corrected chi connectivity index (χ0v) is 10.0. The van der Waals surface area contributed by atoms with Crippen LogP contribution < -0.4 is 11.5 Å². The van der Waals surface area contributed by atoms with Gasteiger partial charge in [-0.3, -0.25) is 0 Å². The Balaban J connectivity index is 2.50. The molecule has 4 nitrogen and oxygen atoms in total. The van der Waals surface area contributed by atoms with Gasteiger partial charge in [0.1, 0.15) is 17.7 Å². The number of hydrogen-bond donors (Lipinski definition) is 3. The Bertz CT molecular complexity index is 540. The highest BCUT2D eigenvalue weighted by Gasteiger charge is 2.18. The van der Waals surface area contributed by atoms with Crippen LogP contribution in [-0.2, 0) is 0 Å². The van der Waals surface area contributed by atoms with E-state index in [0.717, 1.165) is 6.07 Å². The van der Waals surface area contributed by atoms with Crippen LogP contribution in [0.15, 0.2) is 30.5 Å². The zero-order chi connectivity index (χ0) is 13.3. The number of aliphatic hydroxyl groups is 1. The zero-order valence-electron chi connectivity index (χ0n) is 9.27. The Hall–Kier alpha value is -1.85. The van der Waals surface area contributed by atoms with Gasteiger partial charge in [0.05, 0.1) is 5.02 Å². The van der Waals surface area contributed by atoms with Crippen LogP contribution in [0.3, 0.4) is 0 Å². The predicted octanol–water partition coefficient (Wildman–Crippen LogP) is 2.12. The van der Waals surface area contributed by atoms with E-state index in [4.69, 9.17) is 23.1 Å². The van der Waals surface area contributed by atoms with Gasteiger partial charge in [0, 0.05) is 23.0 Å². The van der Waals surface area contributed by atoms with Crippen LogP contribution in [0.2, 0.25) is 5.02 Å². The molecule has 1 atom stereocenters. The summed E-state index contributed by atoms with van der Waals surface area (Å²) in [6.07, 6.45) is 0.189. The number of nitrogens with zero attached hydrogens (tertiary/aromatic N) is 1.